The van der Waals surface area contributed by atoms with Gasteiger partial charge in [-0.15, -0.1) is 5.10 Å². The minimum Gasteiger partial charge on any atom is -0.355 e. The van der Waals surface area contributed by atoms with Gasteiger partial charge in [-0.1, -0.05) is 36.0 Å². The second kappa shape index (κ2) is 8.61. The maximum Gasteiger partial charge on any atom is 0.238 e. The Morgan fingerprint density at radius 2 is 1.87 bits per heavy atom. The van der Waals surface area contributed by atoms with Gasteiger partial charge in [0.2, 0.25) is 15.9 Å². The Morgan fingerprint density at radius 3 is 2.61 bits per heavy atom. The summed E-state index contributed by atoms with van der Waals surface area (Å²) < 4.78 is 24.3. The highest BCUT2D eigenvalue weighted by atomic mass is 32.2. The van der Waals surface area contributed by atoms with E-state index in [9.17, 15) is 13.2 Å². The van der Waals surface area contributed by atoms with E-state index in [1.54, 1.807) is 16.6 Å². The zero-order valence-corrected chi connectivity index (χ0v) is 18.3. The van der Waals surface area contributed by atoms with Crippen molar-refractivity contribution in [3.8, 4) is 0 Å². The molecule has 2 heterocycles. The van der Waals surface area contributed by atoms with E-state index in [1.165, 1.54) is 23.9 Å². The van der Waals surface area contributed by atoms with E-state index < -0.39 is 10.0 Å². The molecule has 4 rings (SSSR count). The van der Waals surface area contributed by atoms with Gasteiger partial charge in [0.05, 0.1) is 16.2 Å². The minimum absolute atomic E-state index is 0.0641. The number of nitrogens with zero attached hydrogens (tertiary/aromatic N) is 4. The van der Waals surface area contributed by atoms with Gasteiger partial charge in [-0.2, -0.15) is 4.52 Å². The Hall–Kier alpha value is -3.02. The van der Waals surface area contributed by atoms with Gasteiger partial charge in [0.15, 0.2) is 10.8 Å². The SMILES string of the molecule is Cc1nc2c3ccccc3nc(SCC(=O)NCCc3ccc(S(N)(=O)=O)cc3)n2n1. The van der Waals surface area contributed by atoms with E-state index in [-0.39, 0.29) is 16.6 Å². The van der Waals surface area contributed by atoms with Crippen LogP contribution in [0, 0.1) is 6.92 Å². The number of amides is 1. The summed E-state index contributed by atoms with van der Waals surface area (Å²) in [5.41, 5.74) is 2.42. The molecule has 0 aliphatic heterocycles. The topological polar surface area (TPSA) is 132 Å². The number of benzene rings is 2. The Balaban J connectivity index is 1.37. The summed E-state index contributed by atoms with van der Waals surface area (Å²) in [4.78, 5) is 21.5. The van der Waals surface area contributed by atoms with Crippen molar-refractivity contribution in [2.24, 2.45) is 5.14 Å². The molecular weight excluding hydrogens is 436 g/mol. The molecule has 0 radical (unpaired) electrons. The fourth-order valence-corrected chi connectivity index (χ4v) is 4.39. The van der Waals surface area contributed by atoms with Crippen molar-refractivity contribution in [3.05, 3.63) is 59.9 Å². The molecule has 0 spiro atoms. The summed E-state index contributed by atoms with van der Waals surface area (Å²) in [6, 6.07) is 14.0. The molecule has 1 amide bonds. The fraction of sp³-hybridized carbons (Fsp3) is 0.200. The lowest BCUT2D eigenvalue weighted by Gasteiger charge is -2.07. The molecule has 0 fully saturated rings. The maximum absolute atomic E-state index is 12.3. The first kappa shape index (κ1) is 21.2. The van der Waals surface area contributed by atoms with E-state index in [1.807, 2.05) is 31.2 Å². The number of rotatable bonds is 7. The molecular formula is C20H20N6O3S2. The van der Waals surface area contributed by atoms with Crippen LogP contribution in [0.3, 0.4) is 0 Å². The van der Waals surface area contributed by atoms with Gasteiger partial charge in [-0.3, -0.25) is 4.79 Å². The third kappa shape index (κ3) is 4.84. The van der Waals surface area contributed by atoms with Crippen LogP contribution in [0.1, 0.15) is 11.4 Å². The van der Waals surface area contributed by atoms with Crippen LogP contribution in [0.25, 0.3) is 16.6 Å². The van der Waals surface area contributed by atoms with Crippen molar-refractivity contribution in [1.82, 2.24) is 24.9 Å². The Labute approximate surface area is 183 Å². The van der Waals surface area contributed by atoms with Crippen molar-refractivity contribution >= 4 is 44.2 Å². The number of hydrogen-bond acceptors (Lipinski definition) is 7. The molecule has 9 nitrogen and oxygen atoms in total. The molecule has 0 bridgehead atoms. The molecule has 2 aromatic carbocycles. The third-order valence-electron chi connectivity index (χ3n) is 4.58. The lowest BCUT2D eigenvalue weighted by Crippen LogP contribution is -2.27. The molecule has 0 saturated carbocycles. The maximum atomic E-state index is 12.3. The van der Waals surface area contributed by atoms with Crippen LogP contribution in [0.5, 0.6) is 0 Å². The Morgan fingerprint density at radius 1 is 1.13 bits per heavy atom. The van der Waals surface area contributed by atoms with Gasteiger partial charge in [0, 0.05) is 11.9 Å². The summed E-state index contributed by atoms with van der Waals surface area (Å²) in [7, 11) is -3.71. The van der Waals surface area contributed by atoms with Gasteiger partial charge < -0.3 is 5.32 Å². The number of aromatic nitrogens is 4. The quantitative estimate of drug-likeness (QED) is 0.319. The summed E-state index contributed by atoms with van der Waals surface area (Å²) in [6.07, 6.45) is 0.571. The molecule has 0 aliphatic carbocycles. The summed E-state index contributed by atoms with van der Waals surface area (Å²) in [6.45, 7) is 2.25. The van der Waals surface area contributed by atoms with Crippen LogP contribution in [-0.2, 0) is 21.2 Å². The van der Waals surface area contributed by atoms with Crippen LogP contribution < -0.4 is 10.5 Å². The van der Waals surface area contributed by atoms with Crippen molar-refractivity contribution in [2.45, 2.75) is 23.4 Å². The third-order valence-corrected chi connectivity index (χ3v) is 6.43. The number of primary sulfonamides is 1. The largest absolute Gasteiger partial charge is 0.355 e. The Bertz CT molecular complexity index is 1370. The highest BCUT2D eigenvalue weighted by Gasteiger charge is 2.14. The van der Waals surface area contributed by atoms with Crippen LogP contribution in [0.4, 0.5) is 0 Å². The first-order valence-electron chi connectivity index (χ1n) is 9.44. The first-order valence-corrected chi connectivity index (χ1v) is 12.0. The standard InChI is InChI=1S/C20H20N6O3S2/c1-13-23-19-16-4-2-3-5-17(16)24-20(26(19)25-13)30-12-18(27)22-11-10-14-6-8-15(9-7-14)31(21,28)29/h2-9H,10-12H2,1H3,(H,22,27)(H2,21,28,29). The lowest BCUT2D eigenvalue weighted by atomic mass is 10.1. The summed E-state index contributed by atoms with van der Waals surface area (Å²) >= 11 is 1.29. The molecule has 0 aliphatic rings. The zero-order chi connectivity index (χ0) is 22.0. The number of carbonyl (C=O) groups is 1. The van der Waals surface area contributed by atoms with Crippen molar-refractivity contribution < 1.29 is 13.2 Å². The monoisotopic (exact) mass is 456 g/mol. The number of nitrogens with two attached hydrogens (primary N) is 1. The van der Waals surface area contributed by atoms with E-state index in [0.717, 1.165) is 16.5 Å². The van der Waals surface area contributed by atoms with Gasteiger partial charge >= 0.3 is 0 Å². The number of sulfonamides is 1. The number of carbonyl (C=O) groups excluding carboxylic acids is 1. The van der Waals surface area contributed by atoms with Gasteiger partial charge in [0.1, 0.15) is 5.82 Å². The van der Waals surface area contributed by atoms with Crippen molar-refractivity contribution in [1.29, 1.82) is 0 Å². The number of nitrogens with one attached hydrogen (secondary N) is 1. The number of hydrogen-bond donors (Lipinski definition) is 2. The number of para-hydroxylation sites is 1. The smallest absolute Gasteiger partial charge is 0.238 e. The minimum atomic E-state index is -3.71. The summed E-state index contributed by atoms with van der Waals surface area (Å²) in [5.74, 6) is 0.688. The van der Waals surface area contributed by atoms with Crippen LogP contribution in [0.15, 0.2) is 58.6 Å². The molecule has 3 N–H and O–H groups in total. The highest BCUT2D eigenvalue weighted by molar-refractivity contribution is 7.99. The molecule has 31 heavy (non-hydrogen) atoms. The molecule has 0 unspecified atom stereocenters. The van der Waals surface area contributed by atoms with E-state index in [2.05, 4.69) is 20.4 Å². The molecule has 0 saturated heterocycles. The normalized spacial score (nSPS) is 11.8. The lowest BCUT2D eigenvalue weighted by molar-refractivity contribution is -0.118. The molecule has 4 aromatic rings. The van der Waals surface area contributed by atoms with Crippen molar-refractivity contribution in [3.63, 3.8) is 0 Å². The van der Waals surface area contributed by atoms with Gasteiger partial charge in [0.25, 0.3) is 0 Å². The molecule has 2 aromatic heterocycles. The Kier molecular flexibility index (Phi) is 5.90. The average molecular weight is 457 g/mol. The van der Waals surface area contributed by atoms with Crippen LogP contribution in [-0.4, -0.2) is 46.2 Å². The number of aryl methyl sites for hydroxylation is 1. The van der Waals surface area contributed by atoms with Crippen LogP contribution >= 0.6 is 11.8 Å². The first-order chi connectivity index (χ1) is 14.8. The number of fused-ring (bicyclic) bond motifs is 3. The second-order valence-corrected chi connectivity index (χ2v) is 9.39. The van der Waals surface area contributed by atoms with E-state index >= 15 is 0 Å². The second-order valence-electron chi connectivity index (χ2n) is 6.88. The molecule has 11 heteroatoms. The fourth-order valence-electron chi connectivity index (χ4n) is 3.10. The van der Waals surface area contributed by atoms with Crippen LogP contribution in [0.2, 0.25) is 0 Å². The molecule has 160 valence electrons. The van der Waals surface area contributed by atoms with Gasteiger partial charge in [-0.25, -0.2) is 23.5 Å². The highest BCUT2D eigenvalue weighted by Crippen LogP contribution is 2.23. The number of thioether (sulfide) groups is 1. The predicted molar refractivity (Wildman–Crippen MR) is 118 cm³/mol. The van der Waals surface area contributed by atoms with E-state index in [4.69, 9.17) is 5.14 Å². The summed E-state index contributed by atoms with van der Waals surface area (Å²) in [5, 5.41) is 13.9. The van der Waals surface area contributed by atoms with Gasteiger partial charge in [-0.05, 0) is 43.2 Å². The predicted octanol–water partition coefficient (Wildman–Crippen LogP) is 1.68. The van der Waals surface area contributed by atoms with E-state index in [0.29, 0.717) is 29.6 Å². The zero-order valence-electron chi connectivity index (χ0n) is 16.6. The average Bonchev–Trinajstić information content (AvgIpc) is 3.13. The molecule has 0 atom stereocenters. The van der Waals surface area contributed by atoms with Crippen molar-refractivity contribution in [2.75, 3.05) is 12.3 Å².